The predicted octanol–water partition coefficient (Wildman–Crippen LogP) is 2.42. The molecule has 0 aliphatic carbocycles. The van der Waals surface area contributed by atoms with Gasteiger partial charge in [0.25, 0.3) is 11.2 Å². The first-order valence-electron chi connectivity index (χ1n) is 7.58. The standard InChI is InChI=1S/C17H16N4O5/c1-4-20-16(22)12(8-18)10(2)13(17(20)23)9-19-14-6-5-11(21(24)25)7-15(14)26-3/h5-7,9,23H,4H2,1-3H3. The molecule has 0 aliphatic rings. The maximum Gasteiger partial charge on any atom is 0.273 e. The van der Waals surface area contributed by atoms with Crippen LogP contribution in [0.4, 0.5) is 11.4 Å². The minimum Gasteiger partial charge on any atom is -0.494 e. The summed E-state index contributed by atoms with van der Waals surface area (Å²) in [4.78, 5) is 26.6. The molecule has 2 rings (SSSR count). The van der Waals surface area contributed by atoms with E-state index in [2.05, 4.69) is 4.99 Å². The lowest BCUT2D eigenvalue weighted by atomic mass is 10.1. The van der Waals surface area contributed by atoms with Gasteiger partial charge in [0.15, 0.2) is 5.75 Å². The molecule has 26 heavy (non-hydrogen) atoms. The smallest absolute Gasteiger partial charge is 0.273 e. The third kappa shape index (κ3) is 3.25. The van der Waals surface area contributed by atoms with Crippen molar-refractivity contribution < 1.29 is 14.8 Å². The second kappa shape index (κ2) is 7.48. The van der Waals surface area contributed by atoms with Crippen molar-refractivity contribution in [3.8, 4) is 17.7 Å². The van der Waals surface area contributed by atoms with Crippen molar-refractivity contribution >= 4 is 17.6 Å². The van der Waals surface area contributed by atoms with Crippen LogP contribution in [0.5, 0.6) is 11.6 Å². The van der Waals surface area contributed by atoms with Gasteiger partial charge in [-0.05, 0) is 25.5 Å². The van der Waals surface area contributed by atoms with Gasteiger partial charge < -0.3 is 9.84 Å². The molecule has 0 spiro atoms. The van der Waals surface area contributed by atoms with Crippen molar-refractivity contribution in [3.63, 3.8) is 0 Å². The first kappa shape index (κ1) is 18.7. The monoisotopic (exact) mass is 356 g/mol. The second-order valence-corrected chi connectivity index (χ2v) is 5.27. The number of methoxy groups -OCH3 is 1. The van der Waals surface area contributed by atoms with Gasteiger partial charge in [0.2, 0.25) is 5.88 Å². The Morgan fingerprint density at radius 3 is 2.73 bits per heavy atom. The SMILES string of the molecule is CCn1c(O)c(C=Nc2ccc([N+](=O)[O-])cc2OC)c(C)c(C#N)c1=O. The van der Waals surface area contributed by atoms with Crippen LogP contribution in [0.3, 0.4) is 0 Å². The fourth-order valence-corrected chi connectivity index (χ4v) is 2.44. The summed E-state index contributed by atoms with van der Waals surface area (Å²) < 4.78 is 6.18. The van der Waals surface area contributed by atoms with Gasteiger partial charge in [-0.15, -0.1) is 0 Å². The quantitative estimate of drug-likeness (QED) is 0.497. The van der Waals surface area contributed by atoms with E-state index in [0.29, 0.717) is 11.3 Å². The Hall–Kier alpha value is -3.67. The molecule has 0 fully saturated rings. The van der Waals surface area contributed by atoms with Crippen LogP contribution in [-0.2, 0) is 6.54 Å². The second-order valence-electron chi connectivity index (χ2n) is 5.27. The summed E-state index contributed by atoms with van der Waals surface area (Å²) in [7, 11) is 1.35. The normalized spacial score (nSPS) is 10.7. The lowest BCUT2D eigenvalue weighted by molar-refractivity contribution is -0.384. The number of rotatable bonds is 5. The van der Waals surface area contributed by atoms with E-state index in [-0.39, 0.29) is 35.0 Å². The average molecular weight is 356 g/mol. The van der Waals surface area contributed by atoms with Crippen LogP contribution >= 0.6 is 0 Å². The van der Waals surface area contributed by atoms with Gasteiger partial charge >= 0.3 is 0 Å². The highest BCUT2D eigenvalue weighted by atomic mass is 16.6. The zero-order valence-electron chi connectivity index (χ0n) is 14.4. The molecule has 0 saturated heterocycles. The zero-order valence-corrected chi connectivity index (χ0v) is 14.4. The van der Waals surface area contributed by atoms with Crippen LogP contribution < -0.4 is 10.3 Å². The molecule has 0 saturated carbocycles. The van der Waals surface area contributed by atoms with E-state index >= 15 is 0 Å². The number of aromatic hydroxyl groups is 1. The van der Waals surface area contributed by atoms with E-state index in [4.69, 9.17) is 4.74 Å². The number of nitro benzene ring substituents is 1. The maximum atomic E-state index is 12.2. The summed E-state index contributed by atoms with van der Waals surface area (Å²) in [5, 5.41) is 30.4. The number of pyridine rings is 1. The molecular weight excluding hydrogens is 340 g/mol. The highest BCUT2D eigenvalue weighted by Crippen LogP contribution is 2.31. The molecular formula is C17H16N4O5. The minimum atomic E-state index is -0.574. The Kier molecular flexibility index (Phi) is 5.37. The summed E-state index contributed by atoms with van der Waals surface area (Å²) in [5.74, 6) is -0.129. The van der Waals surface area contributed by atoms with Gasteiger partial charge in [0, 0.05) is 18.8 Å². The van der Waals surface area contributed by atoms with Crippen LogP contribution in [0.25, 0.3) is 0 Å². The summed E-state index contributed by atoms with van der Waals surface area (Å²) >= 11 is 0. The number of hydrogen-bond acceptors (Lipinski definition) is 7. The van der Waals surface area contributed by atoms with E-state index in [1.54, 1.807) is 6.92 Å². The molecule has 0 amide bonds. The zero-order chi connectivity index (χ0) is 19.4. The van der Waals surface area contributed by atoms with E-state index in [1.807, 2.05) is 6.07 Å². The third-order valence-corrected chi connectivity index (χ3v) is 3.87. The Morgan fingerprint density at radius 2 is 2.19 bits per heavy atom. The van der Waals surface area contributed by atoms with E-state index in [9.17, 15) is 25.3 Å². The van der Waals surface area contributed by atoms with Gasteiger partial charge in [-0.3, -0.25) is 24.5 Å². The summed E-state index contributed by atoms with van der Waals surface area (Å²) in [5.41, 5.74) is 0.000323. The van der Waals surface area contributed by atoms with Crippen molar-refractivity contribution in [1.29, 1.82) is 5.26 Å². The first-order valence-corrected chi connectivity index (χ1v) is 7.58. The molecule has 0 bridgehead atoms. The van der Waals surface area contributed by atoms with E-state index in [0.717, 1.165) is 4.57 Å². The maximum absolute atomic E-state index is 12.2. The van der Waals surface area contributed by atoms with Gasteiger partial charge in [-0.1, -0.05) is 0 Å². The van der Waals surface area contributed by atoms with Crippen LogP contribution in [-0.4, -0.2) is 27.9 Å². The van der Waals surface area contributed by atoms with E-state index < -0.39 is 10.5 Å². The number of hydrogen-bond donors (Lipinski definition) is 1. The van der Waals surface area contributed by atoms with Crippen LogP contribution in [0.15, 0.2) is 28.0 Å². The van der Waals surface area contributed by atoms with Crippen LogP contribution in [0.2, 0.25) is 0 Å². The fourth-order valence-electron chi connectivity index (χ4n) is 2.44. The number of benzene rings is 1. The molecule has 0 atom stereocenters. The van der Waals surface area contributed by atoms with Crippen molar-refractivity contribution in [2.45, 2.75) is 20.4 Å². The summed E-state index contributed by atoms with van der Waals surface area (Å²) in [6.45, 7) is 3.38. The molecule has 9 heteroatoms. The lowest BCUT2D eigenvalue weighted by Gasteiger charge is -2.12. The third-order valence-electron chi connectivity index (χ3n) is 3.87. The fraction of sp³-hybridized carbons (Fsp3) is 0.235. The highest BCUT2D eigenvalue weighted by molar-refractivity contribution is 5.88. The Bertz CT molecular complexity index is 1000. The Labute approximate surface area is 148 Å². The number of aliphatic imine (C=N–C) groups is 1. The summed E-state index contributed by atoms with van der Waals surface area (Å²) in [6.07, 6.45) is 1.29. The van der Waals surface area contributed by atoms with Gasteiger partial charge in [-0.25, -0.2) is 0 Å². The van der Waals surface area contributed by atoms with Crippen LogP contribution in [0.1, 0.15) is 23.6 Å². The number of nitro groups is 1. The molecule has 9 nitrogen and oxygen atoms in total. The molecule has 2 aromatic rings. The van der Waals surface area contributed by atoms with E-state index in [1.165, 1.54) is 38.4 Å². The molecule has 1 aromatic heterocycles. The van der Waals surface area contributed by atoms with Gasteiger partial charge in [-0.2, -0.15) is 5.26 Å². The summed E-state index contributed by atoms with van der Waals surface area (Å²) in [6, 6.07) is 5.75. The molecule has 0 aliphatic heterocycles. The average Bonchev–Trinajstić information content (AvgIpc) is 2.62. The number of ether oxygens (including phenoxy) is 1. The van der Waals surface area contributed by atoms with Crippen LogP contribution in [0, 0.1) is 28.4 Å². The van der Waals surface area contributed by atoms with Crippen molar-refractivity contribution in [3.05, 3.63) is 55.4 Å². The van der Waals surface area contributed by atoms with Gasteiger partial charge in [0.1, 0.15) is 17.3 Å². The molecule has 1 aromatic carbocycles. The highest BCUT2D eigenvalue weighted by Gasteiger charge is 2.17. The van der Waals surface area contributed by atoms with Gasteiger partial charge in [0.05, 0.1) is 23.7 Å². The predicted molar refractivity (Wildman–Crippen MR) is 94.4 cm³/mol. The molecule has 134 valence electrons. The minimum absolute atomic E-state index is 0.0817. The Morgan fingerprint density at radius 1 is 1.50 bits per heavy atom. The number of nitriles is 1. The molecule has 0 unspecified atom stereocenters. The topological polar surface area (TPSA) is 131 Å². The first-order chi connectivity index (χ1) is 12.3. The van der Waals surface area contributed by atoms with Crippen molar-refractivity contribution in [1.82, 2.24) is 4.57 Å². The molecule has 1 N–H and O–H groups in total. The van der Waals surface area contributed by atoms with Crippen molar-refractivity contribution in [2.75, 3.05) is 7.11 Å². The number of nitrogens with zero attached hydrogens (tertiary/aromatic N) is 4. The molecule has 1 heterocycles. The number of non-ortho nitro benzene ring substituents is 1. The lowest BCUT2D eigenvalue weighted by Crippen LogP contribution is -2.24. The Balaban J connectivity index is 2.61. The molecule has 0 radical (unpaired) electrons. The largest absolute Gasteiger partial charge is 0.494 e. The van der Waals surface area contributed by atoms with Crippen molar-refractivity contribution in [2.24, 2.45) is 4.99 Å². The number of aromatic nitrogens is 1.